The number of hydrogen-bond acceptors (Lipinski definition) is 5. The summed E-state index contributed by atoms with van der Waals surface area (Å²) in [5.74, 6) is -0.407. The molecule has 3 atom stereocenters. The van der Waals surface area contributed by atoms with Gasteiger partial charge in [-0.05, 0) is 31.8 Å². The molecule has 102 valence electrons. The molecule has 0 radical (unpaired) electrons. The molecule has 0 saturated carbocycles. The zero-order valence-corrected chi connectivity index (χ0v) is 13.8. The average Bonchev–Trinajstić information content (AvgIpc) is 2.15. The molecule has 0 aromatic carbocycles. The van der Waals surface area contributed by atoms with E-state index >= 15 is 0 Å². The predicted octanol–water partition coefficient (Wildman–Crippen LogP) is -4.25. The number of rotatable bonds is 4. The Morgan fingerprint density at radius 1 is 1.33 bits per heavy atom. The average molecular weight is 311 g/mol. The fourth-order valence-corrected chi connectivity index (χ4v) is 4.19. The van der Waals surface area contributed by atoms with E-state index in [4.69, 9.17) is 14.7 Å². The van der Waals surface area contributed by atoms with Gasteiger partial charge in [0.2, 0.25) is 5.08 Å². The molecule has 1 rings (SSSR count). The largest absolute Gasteiger partial charge is 1.00 e. The molecule has 18 heavy (non-hydrogen) atoms. The molecule has 8 nitrogen and oxygen atoms in total. The predicted molar refractivity (Wildman–Crippen MR) is 57.0 cm³/mol. The van der Waals surface area contributed by atoms with E-state index in [-0.39, 0.29) is 29.6 Å². The van der Waals surface area contributed by atoms with Crippen LogP contribution in [-0.4, -0.2) is 38.0 Å². The Kier molecular flexibility index (Phi) is 7.24. The molecule has 0 aromatic heterocycles. The van der Waals surface area contributed by atoms with Crippen LogP contribution in [0, 0.1) is 5.92 Å². The summed E-state index contributed by atoms with van der Waals surface area (Å²) in [7, 11) is -10.9. The Morgan fingerprint density at radius 2 is 1.89 bits per heavy atom. The van der Waals surface area contributed by atoms with Crippen LogP contribution in [0.5, 0.6) is 0 Å². The van der Waals surface area contributed by atoms with Gasteiger partial charge in [0, 0.05) is 6.42 Å². The van der Waals surface area contributed by atoms with E-state index in [0.717, 1.165) is 13.0 Å². The van der Waals surface area contributed by atoms with E-state index in [1.807, 2.05) is 0 Å². The summed E-state index contributed by atoms with van der Waals surface area (Å²) < 4.78 is 22.1. The molecular weight excluding hydrogens is 295 g/mol. The van der Waals surface area contributed by atoms with Crippen LogP contribution in [0.1, 0.15) is 19.3 Å². The van der Waals surface area contributed by atoms with E-state index in [0.29, 0.717) is 13.0 Å². The maximum absolute atomic E-state index is 11.1. The van der Waals surface area contributed by atoms with Gasteiger partial charge >= 0.3 is 37.2 Å². The first kappa shape index (κ1) is 19.2. The first-order valence-corrected chi connectivity index (χ1v) is 8.29. The van der Waals surface area contributed by atoms with Gasteiger partial charge in [-0.25, -0.2) is 0 Å². The number of nitrogens with one attached hydrogen (secondary N) is 1. The fourth-order valence-electron chi connectivity index (χ4n) is 1.88. The summed E-state index contributed by atoms with van der Waals surface area (Å²) in [5.41, 5.74) is 0. The summed E-state index contributed by atoms with van der Waals surface area (Å²) in [5, 5.41) is 9.16. The van der Waals surface area contributed by atoms with Crippen molar-refractivity contribution in [1.29, 1.82) is 0 Å². The Labute approximate surface area is 127 Å². The summed E-state index contributed by atoms with van der Waals surface area (Å²) in [6.45, 7) is 1.08. The third-order valence-corrected chi connectivity index (χ3v) is 6.62. The van der Waals surface area contributed by atoms with Crippen molar-refractivity contribution in [3.8, 4) is 0 Å². The first-order chi connectivity index (χ1) is 7.58. The minimum absolute atomic E-state index is 0. The van der Waals surface area contributed by atoms with Crippen LogP contribution in [0.3, 0.4) is 0 Å². The van der Waals surface area contributed by atoms with Crippen molar-refractivity contribution >= 4 is 15.2 Å². The minimum atomic E-state index is -5.56. The van der Waals surface area contributed by atoms with Gasteiger partial charge in [0.1, 0.15) is 0 Å². The summed E-state index contributed by atoms with van der Waals surface area (Å²) in [4.78, 5) is 37.7. The second-order valence-electron chi connectivity index (χ2n) is 4.26. The monoisotopic (exact) mass is 311 g/mol. The van der Waals surface area contributed by atoms with E-state index in [1.165, 1.54) is 0 Å². The van der Waals surface area contributed by atoms with Crippen LogP contribution in [0.25, 0.3) is 0 Å². The number of hydrogen-bond donors (Lipinski definition) is 5. The molecule has 0 amide bonds. The van der Waals surface area contributed by atoms with Crippen LogP contribution in [0.4, 0.5) is 0 Å². The fraction of sp³-hybridized carbons (Fsp3) is 1.00. The first-order valence-electron chi connectivity index (χ1n) is 5.10. The van der Waals surface area contributed by atoms with Crippen molar-refractivity contribution in [2.45, 2.75) is 24.3 Å². The van der Waals surface area contributed by atoms with E-state index in [2.05, 4.69) is 5.32 Å². The molecule has 11 heteroatoms. The zero-order valence-electron chi connectivity index (χ0n) is 10.0. The third-order valence-electron chi connectivity index (χ3n) is 2.88. The van der Waals surface area contributed by atoms with Gasteiger partial charge < -0.3 is 34.6 Å². The molecular formula is C7H16NNaO7P2. The molecule has 3 unspecified atom stereocenters. The Morgan fingerprint density at radius 3 is 2.22 bits per heavy atom. The molecule has 0 spiro atoms. The molecule has 1 saturated heterocycles. The molecule has 1 aliphatic heterocycles. The van der Waals surface area contributed by atoms with Crippen LogP contribution in [-0.2, 0) is 9.13 Å². The topological polar surface area (TPSA) is 150 Å². The second kappa shape index (κ2) is 6.78. The van der Waals surface area contributed by atoms with Gasteiger partial charge in [0.25, 0.3) is 0 Å². The van der Waals surface area contributed by atoms with Crippen molar-refractivity contribution in [1.82, 2.24) is 5.32 Å². The second-order valence-corrected chi connectivity index (χ2v) is 8.22. The standard InChI is InChI=1S/C7H17NO7P2.Na/c9-7(16(10,11)12,17(13,14)15)4-6-2-1-3-8-5-6;/h6,8-9H,1-5H2,(H2,10,11,12)(H2,13,14,15);/q;+1/p-1. The quantitative estimate of drug-likeness (QED) is 0.259. The van der Waals surface area contributed by atoms with E-state index < -0.39 is 32.6 Å². The third kappa shape index (κ3) is 4.36. The minimum Gasteiger partial charge on any atom is -0.776 e. The van der Waals surface area contributed by atoms with Crippen LogP contribution in [0.15, 0.2) is 0 Å². The normalized spacial score (nSPS) is 27.7. The molecule has 0 aromatic rings. The Balaban J connectivity index is 0.00000289. The SMILES string of the molecule is O=P([O-])(O)C(O)(CC1CCCNC1)P(=O)(O)O.[Na+]. The number of piperidine rings is 1. The maximum atomic E-state index is 11.1. The summed E-state index contributed by atoms with van der Waals surface area (Å²) in [6.07, 6.45) is 0.577. The van der Waals surface area contributed by atoms with Gasteiger partial charge in [0.05, 0.1) is 0 Å². The molecule has 0 aliphatic carbocycles. The van der Waals surface area contributed by atoms with Crippen molar-refractivity contribution in [3.63, 3.8) is 0 Å². The molecule has 1 aliphatic rings. The summed E-state index contributed by atoms with van der Waals surface area (Å²) in [6, 6.07) is 0. The van der Waals surface area contributed by atoms with E-state index in [1.54, 1.807) is 0 Å². The van der Waals surface area contributed by atoms with Gasteiger partial charge in [-0.1, -0.05) is 0 Å². The van der Waals surface area contributed by atoms with Crippen LogP contribution in [0.2, 0.25) is 0 Å². The van der Waals surface area contributed by atoms with Crippen LogP contribution >= 0.6 is 15.2 Å². The van der Waals surface area contributed by atoms with Gasteiger partial charge in [-0.3, -0.25) is 4.57 Å². The Bertz CT molecular complexity index is 339. The van der Waals surface area contributed by atoms with E-state index in [9.17, 15) is 19.1 Å². The van der Waals surface area contributed by atoms with Crippen LogP contribution < -0.4 is 39.8 Å². The molecule has 1 fully saturated rings. The molecule has 5 N–H and O–H groups in total. The smallest absolute Gasteiger partial charge is 0.776 e. The van der Waals surface area contributed by atoms with Crippen molar-refractivity contribution < 1.29 is 63.4 Å². The van der Waals surface area contributed by atoms with Gasteiger partial charge in [0.15, 0.2) is 7.60 Å². The van der Waals surface area contributed by atoms with Crippen molar-refractivity contribution in [2.24, 2.45) is 5.92 Å². The van der Waals surface area contributed by atoms with Gasteiger partial charge in [-0.15, -0.1) is 0 Å². The Hall–Kier alpha value is 1.22. The van der Waals surface area contributed by atoms with Gasteiger partial charge in [-0.2, -0.15) is 0 Å². The van der Waals surface area contributed by atoms with Crippen molar-refractivity contribution in [2.75, 3.05) is 13.1 Å². The summed E-state index contributed by atoms with van der Waals surface area (Å²) >= 11 is 0. The number of aliphatic hydroxyl groups is 1. The van der Waals surface area contributed by atoms with Crippen molar-refractivity contribution in [3.05, 3.63) is 0 Å². The maximum Gasteiger partial charge on any atom is 1.00 e. The molecule has 1 heterocycles. The molecule has 0 bridgehead atoms. The zero-order chi connectivity index (χ0) is 13.3.